The Morgan fingerprint density at radius 1 is 1.20 bits per heavy atom. The fourth-order valence-electron chi connectivity index (χ4n) is 2.56. The molecule has 4 heteroatoms. The van der Waals surface area contributed by atoms with Gasteiger partial charge in [-0.15, -0.1) is 0 Å². The zero-order valence-electron chi connectivity index (χ0n) is 11.8. The van der Waals surface area contributed by atoms with Gasteiger partial charge in [0.15, 0.2) is 0 Å². The normalized spacial score (nSPS) is 16.0. The van der Waals surface area contributed by atoms with Crippen LogP contribution in [0.1, 0.15) is 37.7 Å². The van der Waals surface area contributed by atoms with Crippen LogP contribution >= 0.6 is 12.2 Å². The highest BCUT2D eigenvalue weighted by atomic mass is 32.1. The molecule has 20 heavy (non-hydrogen) atoms. The molecule has 1 aliphatic carbocycles. The highest BCUT2D eigenvalue weighted by Gasteiger charge is 2.12. The number of hydrogen-bond donors (Lipinski definition) is 1. The molecule has 0 aliphatic heterocycles. The number of hydrogen-bond acceptors (Lipinski definition) is 3. The third kappa shape index (κ3) is 5.10. The molecule has 110 valence electrons. The van der Waals surface area contributed by atoms with Gasteiger partial charge in [-0.25, -0.2) is 0 Å². The molecule has 0 radical (unpaired) electrons. The van der Waals surface area contributed by atoms with Crippen LogP contribution in [0.3, 0.4) is 0 Å². The van der Waals surface area contributed by atoms with Gasteiger partial charge in [0.2, 0.25) is 0 Å². The van der Waals surface area contributed by atoms with E-state index in [0.29, 0.717) is 18.2 Å². The average Bonchev–Trinajstić information content (AvgIpc) is 2.48. The van der Waals surface area contributed by atoms with Crippen molar-refractivity contribution in [1.82, 2.24) is 0 Å². The van der Waals surface area contributed by atoms with Gasteiger partial charge in [0.1, 0.15) is 17.3 Å². The lowest BCUT2D eigenvalue weighted by atomic mass is 9.90. The van der Waals surface area contributed by atoms with Crippen LogP contribution in [-0.4, -0.2) is 24.8 Å². The first-order valence-electron chi connectivity index (χ1n) is 7.36. The lowest BCUT2D eigenvalue weighted by Crippen LogP contribution is -2.16. The van der Waals surface area contributed by atoms with E-state index in [2.05, 4.69) is 0 Å². The summed E-state index contributed by atoms with van der Waals surface area (Å²) in [5.74, 6) is 1.54. The minimum Gasteiger partial charge on any atom is -0.491 e. The molecular weight excluding hydrogens is 270 g/mol. The third-order valence-electron chi connectivity index (χ3n) is 3.69. The molecule has 0 spiro atoms. The Labute approximate surface area is 126 Å². The summed E-state index contributed by atoms with van der Waals surface area (Å²) in [4.78, 5) is 0.393. The minimum atomic E-state index is 0.393. The Bertz CT molecular complexity index is 430. The van der Waals surface area contributed by atoms with Gasteiger partial charge < -0.3 is 15.2 Å². The molecule has 1 aliphatic rings. The molecule has 1 saturated carbocycles. The van der Waals surface area contributed by atoms with E-state index < -0.39 is 0 Å². The molecule has 0 aromatic heterocycles. The van der Waals surface area contributed by atoms with Crippen molar-refractivity contribution in [2.45, 2.75) is 32.1 Å². The van der Waals surface area contributed by atoms with E-state index in [1.54, 1.807) is 0 Å². The molecule has 1 aromatic carbocycles. The molecule has 0 amide bonds. The van der Waals surface area contributed by atoms with Crippen LogP contribution in [0.25, 0.3) is 0 Å². The van der Waals surface area contributed by atoms with Crippen molar-refractivity contribution in [1.29, 1.82) is 0 Å². The fourth-order valence-corrected chi connectivity index (χ4v) is 2.69. The highest BCUT2D eigenvalue weighted by molar-refractivity contribution is 7.80. The lowest BCUT2D eigenvalue weighted by Gasteiger charge is -2.21. The largest absolute Gasteiger partial charge is 0.491 e. The second kappa shape index (κ2) is 8.22. The minimum absolute atomic E-state index is 0.393. The number of thiocarbonyl (C=S) groups is 1. The molecule has 2 rings (SSSR count). The molecule has 0 heterocycles. The second-order valence-electron chi connectivity index (χ2n) is 5.32. The van der Waals surface area contributed by atoms with Crippen molar-refractivity contribution < 1.29 is 9.47 Å². The summed E-state index contributed by atoms with van der Waals surface area (Å²) in [6.07, 6.45) is 6.74. The molecule has 1 fully saturated rings. The zero-order chi connectivity index (χ0) is 14.2. The van der Waals surface area contributed by atoms with Crippen LogP contribution in [0.4, 0.5) is 0 Å². The summed E-state index contributed by atoms with van der Waals surface area (Å²) in [7, 11) is 0. The molecular formula is C16H23NO2S. The molecule has 1 aromatic rings. The molecule has 0 bridgehead atoms. The Balaban J connectivity index is 1.63. The van der Waals surface area contributed by atoms with Gasteiger partial charge in [0, 0.05) is 12.2 Å². The van der Waals surface area contributed by atoms with Gasteiger partial charge >= 0.3 is 0 Å². The number of rotatable bonds is 7. The maximum atomic E-state index is 5.70. The standard InChI is InChI=1S/C16H23NO2S/c17-16(20)14-7-4-8-15(11-14)19-10-9-18-12-13-5-2-1-3-6-13/h4,7-8,11,13H,1-3,5-6,9-10,12H2,(H2,17,20). The van der Waals surface area contributed by atoms with Crippen molar-refractivity contribution in [3.63, 3.8) is 0 Å². The Morgan fingerprint density at radius 2 is 2.00 bits per heavy atom. The number of ether oxygens (including phenoxy) is 2. The van der Waals surface area contributed by atoms with Crippen LogP contribution in [-0.2, 0) is 4.74 Å². The molecule has 0 atom stereocenters. The molecule has 3 nitrogen and oxygen atoms in total. The Hall–Kier alpha value is -1.13. The summed E-state index contributed by atoms with van der Waals surface area (Å²) >= 11 is 4.95. The average molecular weight is 293 g/mol. The predicted molar refractivity (Wildman–Crippen MR) is 85.2 cm³/mol. The van der Waals surface area contributed by atoms with Gasteiger partial charge in [0.05, 0.1) is 6.61 Å². The lowest BCUT2D eigenvalue weighted by molar-refractivity contribution is 0.0635. The number of nitrogens with two attached hydrogens (primary N) is 1. The summed E-state index contributed by atoms with van der Waals surface area (Å²) in [6.45, 7) is 2.07. The first-order chi connectivity index (χ1) is 9.75. The monoisotopic (exact) mass is 293 g/mol. The molecule has 2 N–H and O–H groups in total. The van der Waals surface area contributed by atoms with Crippen molar-refractivity contribution in [2.75, 3.05) is 19.8 Å². The van der Waals surface area contributed by atoms with Gasteiger partial charge in [-0.05, 0) is 30.9 Å². The van der Waals surface area contributed by atoms with E-state index >= 15 is 0 Å². The summed E-state index contributed by atoms with van der Waals surface area (Å²) in [6, 6.07) is 7.55. The van der Waals surface area contributed by atoms with Gasteiger partial charge in [0.25, 0.3) is 0 Å². The Kier molecular flexibility index (Phi) is 6.27. The summed E-state index contributed by atoms with van der Waals surface area (Å²) < 4.78 is 11.3. The molecule has 0 saturated heterocycles. The van der Waals surface area contributed by atoms with Gasteiger partial charge in [-0.1, -0.05) is 43.6 Å². The topological polar surface area (TPSA) is 44.5 Å². The van der Waals surface area contributed by atoms with E-state index in [4.69, 9.17) is 27.4 Å². The fraction of sp³-hybridized carbons (Fsp3) is 0.562. The van der Waals surface area contributed by atoms with E-state index in [0.717, 1.165) is 23.8 Å². The van der Waals surface area contributed by atoms with Crippen molar-refractivity contribution in [3.05, 3.63) is 29.8 Å². The van der Waals surface area contributed by atoms with Gasteiger partial charge in [-0.2, -0.15) is 0 Å². The first-order valence-corrected chi connectivity index (χ1v) is 7.77. The van der Waals surface area contributed by atoms with Crippen molar-refractivity contribution >= 4 is 17.2 Å². The van der Waals surface area contributed by atoms with Crippen LogP contribution in [0, 0.1) is 5.92 Å². The quantitative estimate of drug-likeness (QED) is 0.619. The zero-order valence-corrected chi connectivity index (χ0v) is 12.7. The van der Waals surface area contributed by atoms with Crippen molar-refractivity contribution in [2.24, 2.45) is 11.7 Å². The highest BCUT2D eigenvalue weighted by Crippen LogP contribution is 2.23. The van der Waals surface area contributed by atoms with Crippen LogP contribution in [0.15, 0.2) is 24.3 Å². The maximum absolute atomic E-state index is 5.70. The van der Waals surface area contributed by atoms with E-state index in [1.807, 2.05) is 24.3 Å². The van der Waals surface area contributed by atoms with Crippen LogP contribution < -0.4 is 10.5 Å². The van der Waals surface area contributed by atoms with Crippen LogP contribution in [0.5, 0.6) is 5.75 Å². The smallest absolute Gasteiger partial charge is 0.120 e. The predicted octanol–water partition coefficient (Wildman–Crippen LogP) is 3.30. The van der Waals surface area contributed by atoms with Crippen molar-refractivity contribution in [3.8, 4) is 5.75 Å². The van der Waals surface area contributed by atoms with Gasteiger partial charge in [-0.3, -0.25) is 0 Å². The SMILES string of the molecule is NC(=S)c1cccc(OCCOCC2CCCCC2)c1. The van der Waals surface area contributed by atoms with Crippen LogP contribution in [0.2, 0.25) is 0 Å². The van der Waals surface area contributed by atoms with E-state index in [-0.39, 0.29) is 0 Å². The first kappa shape index (κ1) is 15.3. The van der Waals surface area contributed by atoms with E-state index in [1.165, 1.54) is 32.1 Å². The summed E-state index contributed by atoms with van der Waals surface area (Å²) in [5, 5.41) is 0. The number of benzene rings is 1. The van der Waals surface area contributed by atoms with E-state index in [9.17, 15) is 0 Å². The Morgan fingerprint density at radius 3 is 2.75 bits per heavy atom. The third-order valence-corrected chi connectivity index (χ3v) is 3.93. The summed E-state index contributed by atoms with van der Waals surface area (Å²) in [5.41, 5.74) is 6.43. The maximum Gasteiger partial charge on any atom is 0.120 e. The molecule has 0 unspecified atom stereocenters. The second-order valence-corrected chi connectivity index (χ2v) is 5.76.